The van der Waals surface area contributed by atoms with Crippen LogP contribution in [-0.2, 0) is 15.5 Å². The summed E-state index contributed by atoms with van der Waals surface area (Å²) >= 11 is 3.01. The largest absolute Gasteiger partial charge is 0.461 e. The minimum absolute atomic E-state index is 0.0715. The molecule has 1 aromatic carbocycles. The van der Waals surface area contributed by atoms with E-state index >= 15 is 0 Å². The zero-order chi connectivity index (χ0) is 12.3. The molecule has 0 saturated carbocycles. The van der Waals surface area contributed by atoms with E-state index in [0.717, 1.165) is 5.56 Å². The molecule has 1 rings (SSSR count). The number of esters is 1. The van der Waals surface area contributed by atoms with Crippen LogP contribution in [0.5, 0.6) is 0 Å². The van der Waals surface area contributed by atoms with Gasteiger partial charge in [0.05, 0.1) is 6.61 Å². The molecule has 1 aromatic rings. The van der Waals surface area contributed by atoms with E-state index in [2.05, 4.69) is 20.7 Å². The summed E-state index contributed by atoms with van der Waals surface area (Å²) in [6.07, 6.45) is 0. The number of carbonyl (C=O) groups is 1. The van der Waals surface area contributed by atoms with Crippen LogP contribution in [0.2, 0.25) is 0 Å². The first-order valence-corrected chi connectivity index (χ1v) is 5.50. The molecule has 0 heterocycles. The molecule has 5 heteroatoms. The van der Waals surface area contributed by atoms with E-state index in [1.807, 2.05) is 0 Å². The van der Waals surface area contributed by atoms with Crippen molar-refractivity contribution in [2.45, 2.75) is 19.8 Å². The van der Waals surface area contributed by atoms with Crippen LogP contribution in [0.25, 0.3) is 0 Å². The highest BCUT2D eigenvalue weighted by molar-refractivity contribution is 9.10. The molecule has 0 unspecified atom stereocenters. The summed E-state index contributed by atoms with van der Waals surface area (Å²) in [4.78, 5) is 11.1. The summed E-state index contributed by atoms with van der Waals surface area (Å²) in [6.45, 7) is 3.19. The maximum atomic E-state index is 13.6. The molecule has 0 radical (unpaired) electrons. The van der Waals surface area contributed by atoms with Crippen LogP contribution in [0.4, 0.5) is 8.78 Å². The average molecular weight is 293 g/mol. The molecule has 0 aliphatic heterocycles. The molecule has 0 aromatic heterocycles. The van der Waals surface area contributed by atoms with Crippen molar-refractivity contribution in [2.75, 3.05) is 6.61 Å². The van der Waals surface area contributed by atoms with Crippen molar-refractivity contribution in [3.63, 3.8) is 0 Å². The van der Waals surface area contributed by atoms with Crippen molar-refractivity contribution in [1.29, 1.82) is 0 Å². The molecule has 0 saturated heterocycles. The van der Waals surface area contributed by atoms with Crippen LogP contribution in [0.1, 0.15) is 18.1 Å². The summed E-state index contributed by atoms with van der Waals surface area (Å²) < 4.78 is 31.8. The second kappa shape index (κ2) is 4.91. The highest BCUT2D eigenvalue weighted by Crippen LogP contribution is 2.35. The molecule has 2 nitrogen and oxygen atoms in total. The van der Waals surface area contributed by atoms with Gasteiger partial charge in [-0.1, -0.05) is 28.1 Å². The van der Waals surface area contributed by atoms with Crippen LogP contribution >= 0.6 is 15.9 Å². The maximum Gasteiger partial charge on any atom is 0.382 e. The first kappa shape index (κ1) is 13.1. The first-order chi connectivity index (χ1) is 7.39. The smallest absolute Gasteiger partial charge is 0.382 e. The van der Waals surface area contributed by atoms with Crippen LogP contribution in [0, 0.1) is 6.92 Å². The molecule has 0 N–H and O–H groups in total. The molecule has 0 aliphatic carbocycles. The number of hydrogen-bond donors (Lipinski definition) is 0. The Balaban J connectivity index is 3.11. The fourth-order valence-electron chi connectivity index (χ4n) is 1.21. The molecule has 0 spiro atoms. The Bertz CT molecular complexity index is 405. The van der Waals surface area contributed by atoms with Gasteiger partial charge in [-0.2, -0.15) is 8.78 Å². The molecule has 0 bridgehead atoms. The number of halogens is 3. The lowest BCUT2D eigenvalue weighted by Crippen LogP contribution is -2.28. The topological polar surface area (TPSA) is 26.3 Å². The van der Waals surface area contributed by atoms with Gasteiger partial charge in [-0.15, -0.1) is 0 Å². The third kappa shape index (κ3) is 2.58. The van der Waals surface area contributed by atoms with E-state index < -0.39 is 11.9 Å². The number of rotatable bonds is 3. The highest BCUT2D eigenvalue weighted by Gasteiger charge is 2.44. The van der Waals surface area contributed by atoms with Crippen LogP contribution < -0.4 is 0 Å². The SMILES string of the molecule is CCOC(=O)C(F)(F)c1ccc(C)cc1Br. The van der Waals surface area contributed by atoms with Crippen molar-refractivity contribution >= 4 is 21.9 Å². The Morgan fingerprint density at radius 3 is 2.62 bits per heavy atom. The lowest BCUT2D eigenvalue weighted by molar-refractivity contribution is -0.173. The Morgan fingerprint density at radius 2 is 2.12 bits per heavy atom. The van der Waals surface area contributed by atoms with Gasteiger partial charge in [-0.05, 0) is 25.5 Å². The van der Waals surface area contributed by atoms with Crippen molar-refractivity contribution in [3.8, 4) is 0 Å². The summed E-state index contributed by atoms with van der Waals surface area (Å²) in [5.74, 6) is -5.15. The third-order valence-corrected chi connectivity index (χ3v) is 2.65. The van der Waals surface area contributed by atoms with E-state index in [9.17, 15) is 13.6 Å². The van der Waals surface area contributed by atoms with Crippen LogP contribution in [0.3, 0.4) is 0 Å². The molecular weight excluding hydrogens is 282 g/mol. The second-order valence-electron chi connectivity index (χ2n) is 3.28. The van der Waals surface area contributed by atoms with E-state index in [1.165, 1.54) is 25.1 Å². The predicted molar refractivity (Wildman–Crippen MR) is 59.4 cm³/mol. The zero-order valence-corrected chi connectivity index (χ0v) is 10.5. The van der Waals surface area contributed by atoms with Gasteiger partial charge in [0.2, 0.25) is 0 Å². The molecule has 0 amide bonds. The van der Waals surface area contributed by atoms with Gasteiger partial charge in [0, 0.05) is 10.0 Å². The summed E-state index contributed by atoms with van der Waals surface area (Å²) in [6, 6.07) is 4.27. The Labute approximate surface area is 101 Å². The van der Waals surface area contributed by atoms with Crippen LogP contribution in [0.15, 0.2) is 22.7 Å². The fraction of sp³-hybridized carbons (Fsp3) is 0.364. The van der Waals surface area contributed by atoms with E-state index in [-0.39, 0.29) is 16.6 Å². The lowest BCUT2D eigenvalue weighted by atomic mass is 10.1. The minimum atomic E-state index is -3.62. The second-order valence-corrected chi connectivity index (χ2v) is 4.13. The monoisotopic (exact) mass is 292 g/mol. The van der Waals surface area contributed by atoms with Crippen molar-refractivity contribution in [3.05, 3.63) is 33.8 Å². The van der Waals surface area contributed by atoms with Gasteiger partial charge >= 0.3 is 11.9 Å². The number of aryl methyl sites for hydroxylation is 1. The molecule has 88 valence electrons. The molecule has 0 fully saturated rings. The highest BCUT2D eigenvalue weighted by atomic mass is 79.9. The fourth-order valence-corrected chi connectivity index (χ4v) is 1.95. The Morgan fingerprint density at radius 1 is 1.50 bits per heavy atom. The zero-order valence-electron chi connectivity index (χ0n) is 8.89. The number of ether oxygens (including phenoxy) is 1. The number of alkyl halides is 2. The van der Waals surface area contributed by atoms with Crippen molar-refractivity contribution in [2.24, 2.45) is 0 Å². The first-order valence-electron chi connectivity index (χ1n) is 4.71. The average Bonchev–Trinajstić information content (AvgIpc) is 2.17. The quantitative estimate of drug-likeness (QED) is 0.798. The Kier molecular flexibility index (Phi) is 4.02. The van der Waals surface area contributed by atoms with Gasteiger partial charge in [0.15, 0.2) is 0 Å². The summed E-state index contributed by atoms with van der Waals surface area (Å²) in [7, 11) is 0. The van der Waals surface area contributed by atoms with Crippen molar-refractivity contribution < 1.29 is 18.3 Å². The number of carbonyl (C=O) groups excluding carboxylic acids is 1. The summed E-state index contributed by atoms with van der Waals surface area (Å²) in [5.41, 5.74) is 0.451. The number of hydrogen-bond acceptors (Lipinski definition) is 2. The van der Waals surface area contributed by atoms with E-state index in [0.29, 0.717) is 0 Å². The van der Waals surface area contributed by atoms with Gasteiger partial charge < -0.3 is 4.74 Å². The van der Waals surface area contributed by atoms with Gasteiger partial charge in [0.25, 0.3) is 0 Å². The van der Waals surface area contributed by atoms with E-state index in [1.54, 1.807) is 6.92 Å². The van der Waals surface area contributed by atoms with Gasteiger partial charge in [-0.25, -0.2) is 4.79 Å². The molecule has 16 heavy (non-hydrogen) atoms. The number of benzene rings is 1. The molecular formula is C11H11BrF2O2. The maximum absolute atomic E-state index is 13.6. The predicted octanol–water partition coefficient (Wildman–Crippen LogP) is 3.41. The van der Waals surface area contributed by atoms with Crippen LogP contribution in [-0.4, -0.2) is 12.6 Å². The lowest BCUT2D eigenvalue weighted by Gasteiger charge is -2.16. The minimum Gasteiger partial charge on any atom is -0.461 e. The van der Waals surface area contributed by atoms with Gasteiger partial charge in [0.1, 0.15) is 0 Å². The normalized spacial score (nSPS) is 11.3. The molecule has 0 atom stereocenters. The third-order valence-electron chi connectivity index (χ3n) is 1.99. The van der Waals surface area contributed by atoms with Gasteiger partial charge in [-0.3, -0.25) is 0 Å². The summed E-state index contributed by atoms with van der Waals surface area (Å²) in [5, 5.41) is 0. The standard InChI is InChI=1S/C11H11BrF2O2/c1-3-16-10(15)11(13,14)8-5-4-7(2)6-9(8)12/h4-6H,3H2,1-2H3. The van der Waals surface area contributed by atoms with Crippen molar-refractivity contribution in [1.82, 2.24) is 0 Å². The Hall–Kier alpha value is -0.970. The molecule has 0 aliphatic rings. The van der Waals surface area contributed by atoms with E-state index in [4.69, 9.17) is 0 Å².